The van der Waals surface area contributed by atoms with Crippen molar-refractivity contribution in [2.75, 3.05) is 0 Å². The molecule has 0 radical (unpaired) electrons. The molecule has 0 bridgehead atoms. The molecule has 0 heterocycles. The van der Waals surface area contributed by atoms with Gasteiger partial charge in [-0.15, -0.1) is 0 Å². The van der Waals surface area contributed by atoms with Crippen molar-refractivity contribution in [3.63, 3.8) is 0 Å². The summed E-state index contributed by atoms with van der Waals surface area (Å²) in [7, 11) is 0. The molecule has 0 aromatic heterocycles. The molecule has 0 spiro atoms. The van der Waals surface area contributed by atoms with E-state index < -0.39 is 30.1 Å². The van der Waals surface area contributed by atoms with Gasteiger partial charge in [-0.25, -0.2) is 0 Å². The minimum atomic E-state index is -4.28. The first-order valence-corrected chi connectivity index (χ1v) is 7.88. The lowest BCUT2D eigenvalue weighted by atomic mass is 9.84. The fourth-order valence-electron chi connectivity index (χ4n) is 2.87. The third-order valence-electron chi connectivity index (χ3n) is 4.22. The molecule has 128 valence electrons. The summed E-state index contributed by atoms with van der Waals surface area (Å²) in [6.45, 7) is 3.47. The number of halogens is 3. The number of ether oxygens (including phenoxy) is 1. The van der Waals surface area contributed by atoms with Crippen LogP contribution in [0.15, 0.2) is 24.3 Å². The molecule has 0 unspecified atom stereocenters. The van der Waals surface area contributed by atoms with Gasteiger partial charge in [0.25, 0.3) is 5.91 Å². The molecule has 0 saturated heterocycles. The van der Waals surface area contributed by atoms with Crippen molar-refractivity contribution < 1.29 is 22.7 Å². The molecule has 3 nitrogen and oxygen atoms in total. The van der Waals surface area contributed by atoms with Gasteiger partial charge in [0.05, 0.1) is 5.92 Å². The number of rotatable bonds is 4. The van der Waals surface area contributed by atoms with Crippen molar-refractivity contribution >= 4 is 5.91 Å². The lowest BCUT2D eigenvalue weighted by molar-refractivity contribution is -0.189. The highest BCUT2D eigenvalue weighted by Crippen LogP contribution is 2.37. The van der Waals surface area contributed by atoms with E-state index in [1.165, 1.54) is 0 Å². The van der Waals surface area contributed by atoms with Gasteiger partial charge in [0.15, 0.2) is 6.10 Å². The molecule has 1 saturated carbocycles. The van der Waals surface area contributed by atoms with E-state index in [2.05, 4.69) is 5.32 Å². The monoisotopic (exact) mass is 329 g/mol. The number of amides is 1. The Balaban J connectivity index is 1.95. The maximum atomic E-state index is 13.0. The topological polar surface area (TPSA) is 38.3 Å². The second kappa shape index (κ2) is 7.23. The first-order valence-electron chi connectivity index (χ1n) is 7.88. The predicted octanol–water partition coefficient (Wildman–Crippen LogP) is 4.00. The second-order valence-corrected chi connectivity index (χ2v) is 6.12. The molecule has 1 N–H and O–H groups in total. The normalized spacial score (nSPS) is 23.2. The molecule has 3 atom stereocenters. The quantitative estimate of drug-likeness (QED) is 0.907. The molecule has 6 heteroatoms. The highest BCUT2D eigenvalue weighted by Gasteiger charge is 2.46. The Kier molecular flexibility index (Phi) is 5.55. The van der Waals surface area contributed by atoms with E-state index in [4.69, 9.17) is 4.74 Å². The zero-order chi connectivity index (χ0) is 17.0. The van der Waals surface area contributed by atoms with Crippen LogP contribution >= 0.6 is 0 Å². The summed E-state index contributed by atoms with van der Waals surface area (Å²) in [5, 5.41) is 2.52. The zero-order valence-corrected chi connectivity index (χ0v) is 13.3. The number of nitrogens with one attached hydrogen (secondary N) is 1. The van der Waals surface area contributed by atoms with Gasteiger partial charge < -0.3 is 10.1 Å². The van der Waals surface area contributed by atoms with Crippen LogP contribution in [0, 0.1) is 12.8 Å². The molecule has 1 aromatic carbocycles. The van der Waals surface area contributed by atoms with Gasteiger partial charge >= 0.3 is 6.18 Å². The highest BCUT2D eigenvalue weighted by molar-refractivity contribution is 5.81. The maximum Gasteiger partial charge on any atom is 0.393 e. The van der Waals surface area contributed by atoms with Crippen LogP contribution in [-0.4, -0.2) is 24.2 Å². The molecule has 1 fully saturated rings. The van der Waals surface area contributed by atoms with Crippen molar-refractivity contribution in [3.8, 4) is 5.75 Å². The van der Waals surface area contributed by atoms with E-state index in [-0.39, 0.29) is 6.42 Å². The highest BCUT2D eigenvalue weighted by atomic mass is 19.4. The number of hydrogen-bond donors (Lipinski definition) is 1. The van der Waals surface area contributed by atoms with Gasteiger partial charge in [-0.3, -0.25) is 4.79 Å². The summed E-state index contributed by atoms with van der Waals surface area (Å²) < 4.78 is 44.6. The first kappa shape index (κ1) is 17.6. The number of hydrogen-bond acceptors (Lipinski definition) is 2. The van der Waals surface area contributed by atoms with Crippen molar-refractivity contribution in [1.82, 2.24) is 5.32 Å². The zero-order valence-electron chi connectivity index (χ0n) is 13.3. The smallest absolute Gasteiger partial charge is 0.393 e. The van der Waals surface area contributed by atoms with Crippen LogP contribution in [0.5, 0.6) is 5.75 Å². The maximum absolute atomic E-state index is 13.0. The van der Waals surface area contributed by atoms with Gasteiger partial charge in [-0.05, 0) is 38.8 Å². The average molecular weight is 329 g/mol. The van der Waals surface area contributed by atoms with E-state index in [1.54, 1.807) is 19.1 Å². The predicted molar refractivity (Wildman–Crippen MR) is 81.2 cm³/mol. The SMILES string of the molecule is Cc1ccc(O[C@@H](C)C(=O)N[C@@H]2CCCC[C@@H]2C(F)(F)F)cc1. The van der Waals surface area contributed by atoms with Crippen molar-refractivity contribution in [3.05, 3.63) is 29.8 Å². The Labute approximate surface area is 134 Å². The van der Waals surface area contributed by atoms with E-state index in [0.717, 1.165) is 5.56 Å². The van der Waals surface area contributed by atoms with E-state index in [9.17, 15) is 18.0 Å². The van der Waals surface area contributed by atoms with E-state index in [1.807, 2.05) is 19.1 Å². The molecule has 2 rings (SSSR count). The Morgan fingerprint density at radius 3 is 2.43 bits per heavy atom. The van der Waals surface area contributed by atoms with Crippen LogP contribution in [0.25, 0.3) is 0 Å². The Morgan fingerprint density at radius 2 is 1.83 bits per heavy atom. The van der Waals surface area contributed by atoms with Crippen molar-refractivity contribution in [2.24, 2.45) is 5.92 Å². The van der Waals surface area contributed by atoms with Crippen LogP contribution in [0.1, 0.15) is 38.2 Å². The largest absolute Gasteiger partial charge is 0.481 e. The summed E-state index contributed by atoms with van der Waals surface area (Å²) in [6, 6.07) is 6.30. The van der Waals surface area contributed by atoms with Crippen LogP contribution < -0.4 is 10.1 Å². The Hall–Kier alpha value is -1.72. The van der Waals surface area contributed by atoms with Crippen molar-refractivity contribution in [1.29, 1.82) is 0 Å². The molecule has 1 aliphatic rings. The molecule has 0 aliphatic heterocycles. The van der Waals surface area contributed by atoms with Gasteiger partial charge in [0.1, 0.15) is 5.75 Å². The third kappa shape index (κ3) is 4.88. The first-order chi connectivity index (χ1) is 10.8. The summed E-state index contributed by atoms with van der Waals surface area (Å²) in [6.07, 6.45) is -3.45. The summed E-state index contributed by atoms with van der Waals surface area (Å²) in [5.41, 5.74) is 1.06. The van der Waals surface area contributed by atoms with Crippen molar-refractivity contribution in [2.45, 2.75) is 57.9 Å². The van der Waals surface area contributed by atoms with Crippen LogP contribution in [0.4, 0.5) is 13.2 Å². The Morgan fingerprint density at radius 1 is 1.22 bits per heavy atom. The standard InChI is InChI=1S/C17H22F3NO2/c1-11-7-9-13(10-8-11)23-12(2)16(22)21-15-6-4-3-5-14(15)17(18,19)20/h7-10,12,14-15H,3-6H2,1-2H3,(H,21,22)/t12-,14-,15+/m0/s1. The van der Waals surface area contributed by atoms with Crippen LogP contribution in [0.2, 0.25) is 0 Å². The third-order valence-corrected chi connectivity index (χ3v) is 4.22. The molecular formula is C17H22F3NO2. The fourth-order valence-corrected chi connectivity index (χ4v) is 2.87. The second-order valence-electron chi connectivity index (χ2n) is 6.12. The number of benzene rings is 1. The number of alkyl halides is 3. The lowest BCUT2D eigenvalue weighted by Crippen LogP contribution is -2.50. The molecule has 1 aromatic rings. The summed E-state index contributed by atoms with van der Waals surface area (Å²) in [5.74, 6) is -1.45. The number of aryl methyl sites for hydroxylation is 1. The minimum absolute atomic E-state index is 0.0711. The molecule has 1 aliphatic carbocycles. The number of carbonyl (C=O) groups excluding carboxylic acids is 1. The molecular weight excluding hydrogens is 307 g/mol. The molecule has 1 amide bonds. The average Bonchev–Trinajstić information content (AvgIpc) is 2.49. The van der Waals surface area contributed by atoms with Crippen LogP contribution in [-0.2, 0) is 4.79 Å². The summed E-state index contributed by atoms with van der Waals surface area (Å²) in [4.78, 5) is 12.2. The van der Waals surface area contributed by atoms with Gasteiger partial charge in [-0.2, -0.15) is 13.2 Å². The minimum Gasteiger partial charge on any atom is -0.481 e. The van der Waals surface area contributed by atoms with Gasteiger partial charge in [-0.1, -0.05) is 30.5 Å². The van der Waals surface area contributed by atoms with E-state index >= 15 is 0 Å². The van der Waals surface area contributed by atoms with E-state index in [0.29, 0.717) is 25.0 Å². The number of carbonyl (C=O) groups is 1. The lowest BCUT2D eigenvalue weighted by Gasteiger charge is -2.34. The Bertz CT molecular complexity index is 528. The van der Waals surface area contributed by atoms with Gasteiger partial charge in [0.2, 0.25) is 0 Å². The van der Waals surface area contributed by atoms with Crippen LogP contribution in [0.3, 0.4) is 0 Å². The summed E-state index contributed by atoms with van der Waals surface area (Å²) >= 11 is 0. The fraction of sp³-hybridized carbons (Fsp3) is 0.588. The molecule has 23 heavy (non-hydrogen) atoms. The van der Waals surface area contributed by atoms with Gasteiger partial charge in [0, 0.05) is 6.04 Å².